The number of carbonyl (C=O) groups is 2. The van der Waals surface area contributed by atoms with Crippen LogP contribution >= 0.6 is 0 Å². The summed E-state index contributed by atoms with van der Waals surface area (Å²) in [4.78, 5) is 28.1. The predicted molar refractivity (Wildman–Crippen MR) is 105 cm³/mol. The third kappa shape index (κ3) is 3.07. The van der Waals surface area contributed by atoms with E-state index in [1.54, 1.807) is 12.1 Å². The summed E-state index contributed by atoms with van der Waals surface area (Å²) in [7, 11) is 0. The van der Waals surface area contributed by atoms with E-state index >= 15 is 0 Å². The Bertz CT molecular complexity index is 871. The van der Waals surface area contributed by atoms with Gasteiger partial charge in [0, 0.05) is 17.4 Å². The van der Waals surface area contributed by atoms with Crippen molar-refractivity contribution < 1.29 is 14.3 Å². The van der Waals surface area contributed by atoms with Crippen LogP contribution in [-0.2, 0) is 16.0 Å². The number of rotatable bonds is 5. The summed E-state index contributed by atoms with van der Waals surface area (Å²) >= 11 is 0. The third-order valence-corrected chi connectivity index (χ3v) is 5.44. The molecule has 0 aromatic heterocycles. The van der Waals surface area contributed by atoms with Crippen molar-refractivity contribution in [3.8, 4) is 5.75 Å². The van der Waals surface area contributed by atoms with Gasteiger partial charge >= 0.3 is 0 Å². The average molecular weight is 364 g/mol. The number of fused-ring (bicyclic) bond motifs is 1. The van der Waals surface area contributed by atoms with Gasteiger partial charge in [-0.1, -0.05) is 18.2 Å². The van der Waals surface area contributed by atoms with Crippen molar-refractivity contribution >= 4 is 23.2 Å². The van der Waals surface area contributed by atoms with Crippen LogP contribution in [0.4, 0.5) is 11.4 Å². The molecule has 0 saturated heterocycles. The first-order valence-corrected chi connectivity index (χ1v) is 9.51. The van der Waals surface area contributed by atoms with Crippen molar-refractivity contribution in [2.45, 2.75) is 39.2 Å². The van der Waals surface area contributed by atoms with Crippen molar-refractivity contribution in [1.82, 2.24) is 0 Å². The van der Waals surface area contributed by atoms with Gasteiger partial charge in [-0.15, -0.1) is 0 Å². The van der Waals surface area contributed by atoms with Gasteiger partial charge in [-0.25, -0.2) is 0 Å². The smallest absolute Gasteiger partial charge is 0.242 e. The molecule has 1 aliphatic heterocycles. The van der Waals surface area contributed by atoms with Gasteiger partial charge in [0.25, 0.3) is 0 Å². The molecule has 2 aromatic rings. The van der Waals surface area contributed by atoms with E-state index in [-0.39, 0.29) is 17.9 Å². The molecule has 0 radical (unpaired) electrons. The normalized spacial score (nSPS) is 19.3. The van der Waals surface area contributed by atoms with Crippen LogP contribution in [0.1, 0.15) is 32.3 Å². The second-order valence-electron chi connectivity index (χ2n) is 7.35. The highest BCUT2D eigenvalue weighted by Gasteiger charge is 2.59. The first-order valence-electron chi connectivity index (χ1n) is 9.51. The van der Waals surface area contributed by atoms with Gasteiger partial charge in [0.1, 0.15) is 11.2 Å². The number of hydrogen-bond acceptors (Lipinski definition) is 3. The fourth-order valence-corrected chi connectivity index (χ4v) is 3.82. The molecule has 1 saturated carbocycles. The molecule has 140 valence electrons. The lowest BCUT2D eigenvalue weighted by molar-refractivity contribution is -0.132. The molecule has 27 heavy (non-hydrogen) atoms. The van der Waals surface area contributed by atoms with Gasteiger partial charge in [-0.05, 0) is 69.0 Å². The highest BCUT2D eigenvalue weighted by Crippen LogP contribution is 2.50. The van der Waals surface area contributed by atoms with E-state index < -0.39 is 5.41 Å². The van der Waals surface area contributed by atoms with Gasteiger partial charge in [0.05, 0.1) is 6.61 Å². The lowest BCUT2D eigenvalue weighted by Crippen LogP contribution is -2.45. The SMILES string of the molecule is CCOc1ccc(NC(=O)C2(C(=O)N3c4ccccc4CC3C)CC2)cc1. The topological polar surface area (TPSA) is 58.6 Å². The Hall–Kier alpha value is -2.82. The maximum absolute atomic E-state index is 13.3. The van der Waals surface area contributed by atoms with E-state index in [1.165, 1.54) is 5.56 Å². The number of carbonyl (C=O) groups excluding carboxylic acids is 2. The second-order valence-corrected chi connectivity index (χ2v) is 7.35. The summed E-state index contributed by atoms with van der Waals surface area (Å²) in [5, 5.41) is 2.92. The zero-order chi connectivity index (χ0) is 19.0. The van der Waals surface area contributed by atoms with Crippen molar-refractivity contribution in [3.05, 3.63) is 54.1 Å². The van der Waals surface area contributed by atoms with Gasteiger partial charge in [0.15, 0.2) is 0 Å². The van der Waals surface area contributed by atoms with E-state index in [1.807, 2.05) is 49.1 Å². The van der Waals surface area contributed by atoms with Gasteiger partial charge in [0.2, 0.25) is 11.8 Å². The molecule has 1 N–H and O–H groups in total. The Labute approximate surface area is 159 Å². The Morgan fingerprint density at radius 1 is 1.15 bits per heavy atom. The number of nitrogens with zero attached hydrogens (tertiary/aromatic N) is 1. The van der Waals surface area contributed by atoms with Gasteiger partial charge in [-0.3, -0.25) is 9.59 Å². The second kappa shape index (κ2) is 6.72. The van der Waals surface area contributed by atoms with E-state index in [2.05, 4.69) is 11.4 Å². The summed E-state index contributed by atoms with van der Waals surface area (Å²) in [5.41, 5.74) is 1.85. The molecule has 4 rings (SSSR count). The van der Waals surface area contributed by atoms with Crippen LogP contribution in [0.5, 0.6) is 5.75 Å². The number of para-hydroxylation sites is 1. The molecule has 0 spiro atoms. The molecule has 5 heteroatoms. The summed E-state index contributed by atoms with van der Waals surface area (Å²) in [6, 6.07) is 15.3. The maximum atomic E-state index is 13.3. The summed E-state index contributed by atoms with van der Waals surface area (Å²) in [6.07, 6.45) is 2.03. The zero-order valence-electron chi connectivity index (χ0n) is 15.7. The number of benzene rings is 2. The number of nitrogens with one attached hydrogen (secondary N) is 1. The Balaban J connectivity index is 1.51. The molecular weight excluding hydrogens is 340 g/mol. The minimum Gasteiger partial charge on any atom is -0.494 e. The Morgan fingerprint density at radius 3 is 2.52 bits per heavy atom. The first-order chi connectivity index (χ1) is 13.0. The monoisotopic (exact) mass is 364 g/mol. The van der Waals surface area contributed by atoms with Crippen LogP contribution in [-0.4, -0.2) is 24.5 Å². The molecular formula is C22H24N2O3. The van der Waals surface area contributed by atoms with Crippen LogP contribution in [0, 0.1) is 5.41 Å². The van der Waals surface area contributed by atoms with E-state index in [9.17, 15) is 9.59 Å². The lowest BCUT2D eigenvalue weighted by Gasteiger charge is -2.27. The summed E-state index contributed by atoms with van der Waals surface area (Å²) < 4.78 is 5.42. The maximum Gasteiger partial charge on any atom is 0.242 e. The first kappa shape index (κ1) is 17.6. The number of amides is 2. The number of anilines is 2. The molecule has 1 fully saturated rings. The van der Waals surface area contributed by atoms with Crippen LogP contribution in [0.2, 0.25) is 0 Å². The number of ether oxygens (including phenoxy) is 1. The fourth-order valence-electron chi connectivity index (χ4n) is 3.82. The lowest BCUT2D eigenvalue weighted by atomic mass is 10.0. The quantitative estimate of drug-likeness (QED) is 0.822. The largest absolute Gasteiger partial charge is 0.494 e. The standard InChI is InChI=1S/C22H24N2O3/c1-3-27-18-10-8-17(9-11-18)23-20(25)22(12-13-22)21(26)24-15(2)14-16-6-4-5-7-19(16)24/h4-11,15H,3,12-14H2,1-2H3,(H,23,25). The highest BCUT2D eigenvalue weighted by molar-refractivity contribution is 6.18. The third-order valence-electron chi connectivity index (χ3n) is 5.44. The van der Waals surface area contributed by atoms with Crippen LogP contribution in [0.25, 0.3) is 0 Å². The van der Waals surface area contributed by atoms with Gasteiger partial charge in [-0.2, -0.15) is 0 Å². The summed E-state index contributed by atoms with van der Waals surface area (Å²) in [5.74, 6) is 0.465. The molecule has 2 aliphatic rings. The molecule has 1 unspecified atom stereocenters. The molecule has 1 aliphatic carbocycles. The van der Waals surface area contributed by atoms with Gasteiger partial charge < -0.3 is 15.0 Å². The van der Waals surface area contributed by atoms with Crippen LogP contribution in [0.3, 0.4) is 0 Å². The van der Waals surface area contributed by atoms with Crippen molar-refractivity contribution in [1.29, 1.82) is 0 Å². The Kier molecular flexibility index (Phi) is 4.38. The van der Waals surface area contributed by atoms with Crippen molar-refractivity contribution in [3.63, 3.8) is 0 Å². The van der Waals surface area contributed by atoms with Crippen LogP contribution < -0.4 is 15.0 Å². The molecule has 1 heterocycles. The summed E-state index contributed by atoms with van der Waals surface area (Å²) in [6.45, 7) is 4.56. The fraction of sp³-hybridized carbons (Fsp3) is 0.364. The van der Waals surface area contributed by atoms with Crippen molar-refractivity contribution in [2.75, 3.05) is 16.8 Å². The highest BCUT2D eigenvalue weighted by atomic mass is 16.5. The van der Waals surface area contributed by atoms with E-state index in [0.717, 1.165) is 17.9 Å². The molecule has 2 amide bonds. The molecule has 0 bridgehead atoms. The average Bonchev–Trinajstić information content (AvgIpc) is 3.41. The number of hydrogen-bond donors (Lipinski definition) is 1. The predicted octanol–water partition coefficient (Wildman–Crippen LogP) is 3.78. The van der Waals surface area contributed by atoms with E-state index in [0.29, 0.717) is 25.1 Å². The van der Waals surface area contributed by atoms with Crippen molar-refractivity contribution in [2.24, 2.45) is 5.41 Å². The van der Waals surface area contributed by atoms with E-state index in [4.69, 9.17) is 4.74 Å². The Morgan fingerprint density at radius 2 is 1.85 bits per heavy atom. The molecule has 1 atom stereocenters. The minimum absolute atomic E-state index is 0.0747. The minimum atomic E-state index is -0.940. The van der Waals surface area contributed by atoms with Crippen LogP contribution in [0.15, 0.2) is 48.5 Å². The molecule has 2 aromatic carbocycles. The molecule has 5 nitrogen and oxygen atoms in total. The zero-order valence-corrected chi connectivity index (χ0v) is 15.7.